The first-order valence-corrected chi connectivity index (χ1v) is 3.65. The van der Waals surface area contributed by atoms with Gasteiger partial charge in [0.1, 0.15) is 0 Å². The summed E-state index contributed by atoms with van der Waals surface area (Å²) in [7, 11) is 0. The number of rotatable bonds is 2. The molecule has 0 saturated carbocycles. The predicted octanol–water partition coefficient (Wildman–Crippen LogP) is 2.09. The van der Waals surface area contributed by atoms with E-state index in [0.29, 0.717) is 12.1 Å². The Morgan fingerprint density at radius 2 is 2.18 bits per heavy atom. The average Bonchev–Trinajstić information content (AvgIpc) is 1.97. The molecule has 0 aliphatic heterocycles. The van der Waals surface area contributed by atoms with E-state index in [4.69, 9.17) is 5.73 Å². The second kappa shape index (κ2) is 3.37. The third-order valence-corrected chi connectivity index (χ3v) is 1.79. The van der Waals surface area contributed by atoms with Crippen LogP contribution in [0.2, 0.25) is 0 Å². The fraction of sp³-hybridized carbons (Fsp3) is 0.333. The van der Waals surface area contributed by atoms with Gasteiger partial charge in [0, 0.05) is 12.1 Å². The van der Waals surface area contributed by atoms with Crippen LogP contribution in [0.4, 0.5) is 10.1 Å². The van der Waals surface area contributed by atoms with Gasteiger partial charge in [-0.3, -0.25) is 4.39 Å². The number of halogens is 1. The van der Waals surface area contributed by atoms with Crippen molar-refractivity contribution in [3.63, 3.8) is 0 Å². The molecule has 2 N–H and O–H groups in total. The molecule has 0 aliphatic rings. The summed E-state index contributed by atoms with van der Waals surface area (Å²) in [5.41, 5.74) is 8.35. The Hall–Kier alpha value is -1.05. The minimum atomic E-state index is -0.338. The molecular formula is C9H12FN. The van der Waals surface area contributed by atoms with Gasteiger partial charge in [-0.05, 0) is 24.1 Å². The minimum absolute atomic E-state index is 0.338. The molecule has 11 heavy (non-hydrogen) atoms. The summed E-state index contributed by atoms with van der Waals surface area (Å²) in [6, 6.07) is 5.63. The molecule has 2 heteroatoms. The lowest BCUT2D eigenvalue weighted by Crippen LogP contribution is -1.97. The van der Waals surface area contributed by atoms with Gasteiger partial charge in [0.05, 0.1) is 6.67 Å². The van der Waals surface area contributed by atoms with Crippen LogP contribution in [0.5, 0.6) is 0 Å². The van der Waals surface area contributed by atoms with E-state index in [1.807, 2.05) is 19.1 Å². The summed E-state index contributed by atoms with van der Waals surface area (Å²) in [5.74, 6) is 0. The lowest BCUT2D eigenvalue weighted by Gasteiger charge is -2.05. The normalized spacial score (nSPS) is 10.0. The zero-order chi connectivity index (χ0) is 8.27. The summed E-state index contributed by atoms with van der Waals surface area (Å²) in [6.07, 6.45) is 0.429. The first-order valence-electron chi connectivity index (χ1n) is 3.65. The number of nitrogens with two attached hydrogens (primary N) is 1. The largest absolute Gasteiger partial charge is 0.398 e. The first-order chi connectivity index (χ1) is 5.25. The highest BCUT2D eigenvalue weighted by Gasteiger charge is 2.00. The molecule has 0 spiro atoms. The van der Waals surface area contributed by atoms with Crippen molar-refractivity contribution in [3.05, 3.63) is 29.3 Å². The second-order valence-electron chi connectivity index (χ2n) is 2.58. The number of benzene rings is 1. The molecule has 0 saturated heterocycles. The van der Waals surface area contributed by atoms with E-state index in [1.54, 1.807) is 6.07 Å². The van der Waals surface area contributed by atoms with Crippen LogP contribution in [0.3, 0.4) is 0 Å². The molecule has 0 atom stereocenters. The number of anilines is 1. The maximum Gasteiger partial charge on any atom is 0.0935 e. The molecule has 0 bridgehead atoms. The van der Waals surface area contributed by atoms with E-state index in [0.717, 1.165) is 11.1 Å². The summed E-state index contributed by atoms with van der Waals surface area (Å²) >= 11 is 0. The lowest BCUT2D eigenvalue weighted by atomic mass is 10.0. The number of alkyl halides is 1. The van der Waals surface area contributed by atoms with Crippen molar-refractivity contribution in [1.82, 2.24) is 0 Å². The van der Waals surface area contributed by atoms with Crippen LogP contribution in [-0.4, -0.2) is 6.67 Å². The van der Waals surface area contributed by atoms with E-state index in [1.165, 1.54) is 0 Å². The van der Waals surface area contributed by atoms with Crippen LogP contribution in [0.25, 0.3) is 0 Å². The van der Waals surface area contributed by atoms with Gasteiger partial charge in [0.15, 0.2) is 0 Å². The number of nitrogen functional groups attached to an aromatic ring is 1. The van der Waals surface area contributed by atoms with Crippen molar-refractivity contribution in [1.29, 1.82) is 0 Å². The molecule has 1 nitrogen and oxygen atoms in total. The maximum absolute atomic E-state index is 12.0. The van der Waals surface area contributed by atoms with Gasteiger partial charge in [-0.2, -0.15) is 0 Å². The maximum atomic E-state index is 12.0. The number of aryl methyl sites for hydroxylation is 1. The van der Waals surface area contributed by atoms with Crippen molar-refractivity contribution >= 4 is 5.69 Å². The second-order valence-corrected chi connectivity index (χ2v) is 2.58. The van der Waals surface area contributed by atoms with Gasteiger partial charge in [0.2, 0.25) is 0 Å². The van der Waals surface area contributed by atoms with Gasteiger partial charge in [-0.1, -0.05) is 12.1 Å². The summed E-state index contributed by atoms with van der Waals surface area (Å²) in [4.78, 5) is 0. The number of hydrogen-bond acceptors (Lipinski definition) is 1. The Labute approximate surface area is 66.0 Å². The van der Waals surface area contributed by atoms with Gasteiger partial charge >= 0.3 is 0 Å². The highest BCUT2D eigenvalue weighted by atomic mass is 19.1. The summed E-state index contributed by atoms with van der Waals surface area (Å²) in [5, 5.41) is 0. The highest BCUT2D eigenvalue weighted by Crippen LogP contribution is 2.16. The van der Waals surface area contributed by atoms with Crippen LogP contribution in [0, 0.1) is 6.92 Å². The minimum Gasteiger partial charge on any atom is -0.398 e. The van der Waals surface area contributed by atoms with Crippen LogP contribution >= 0.6 is 0 Å². The average molecular weight is 153 g/mol. The molecule has 0 heterocycles. The van der Waals surface area contributed by atoms with E-state index >= 15 is 0 Å². The van der Waals surface area contributed by atoms with Crippen molar-refractivity contribution in [2.75, 3.05) is 12.4 Å². The Morgan fingerprint density at radius 1 is 1.45 bits per heavy atom. The summed E-state index contributed by atoms with van der Waals surface area (Å²) in [6.45, 7) is 1.61. The Balaban J connectivity index is 3.00. The van der Waals surface area contributed by atoms with Crippen LogP contribution in [-0.2, 0) is 6.42 Å². The zero-order valence-corrected chi connectivity index (χ0v) is 6.60. The van der Waals surface area contributed by atoms with Gasteiger partial charge in [-0.25, -0.2) is 0 Å². The monoisotopic (exact) mass is 153 g/mol. The molecule has 0 aliphatic carbocycles. The fourth-order valence-electron chi connectivity index (χ4n) is 1.16. The van der Waals surface area contributed by atoms with Crippen LogP contribution < -0.4 is 5.73 Å². The van der Waals surface area contributed by atoms with Crippen LogP contribution in [0.1, 0.15) is 11.1 Å². The molecule has 0 aromatic heterocycles. The first kappa shape index (κ1) is 8.05. The standard InChI is InChI=1S/C9H12FN/c1-7-3-2-4-9(11)8(7)5-6-10/h2-4H,5-6,11H2,1H3. The molecule has 0 radical (unpaired) electrons. The van der Waals surface area contributed by atoms with E-state index < -0.39 is 0 Å². The fourth-order valence-corrected chi connectivity index (χ4v) is 1.16. The quantitative estimate of drug-likeness (QED) is 0.647. The molecular weight excluding hydrogens is 141 g/mol. The topological polar surface area (TPSA) is 26.0 Å². The number of hydrogen-bond donors (Lipinski definition) is 1. The van der Waals surface area contributed by atoms with E-state index in [-0.39, 0.29) is 6.67 Å². The van der Waals surface area contributed by atoms with E-state index in [2.05, 4.69) is 0 Å². The van der Waals surface area contributed by atoms with E-state index in [9.17, 15) is 4.39 Å². The third-order valence-electron chi connectivity index (χ3n) is 1.79. The van der Waals surface area contributed by atoms with Crippen molar-refractivity contribution in [2.45, 2.75) is 13.3 Å². The van der Waals surface area contributed by atoms with Gasteiger partial charge < -0.3 is 5.73 Å². The van der Waals surface area contributed by atoms with Crippen molar-refractivity contribution in [3.8, 4) is 0 Å². The molecule has 1 rings (SSSR count). The Kier molecular flexibility index (Phi) is 2.47. The zero-order valence-electron chi connectivity index (χ0n) is 6.60. The molecule has 1 aromatic rings. The summed E-state index contributed by atoms with van der Waals surface area (Å²) < 4.78 is 12.0. The molecule has 0 unspecified atom stereocenters. The molecule has 0 amide bonds. The third kappa shape index (κ3) is 1.70. The van der Waals surface area contributed by atoms with Crippen molar-refractivity contribution < 1.29 is 4.39 Å². The predicted molar refractivity (Wildman–Crippen MR) is 45.3 cm³/mol. The molecule has 0 fully saturated rings. The SMILES string of the molecule is Cc1cccc(N)c1CCF. The van der Waals surface area contributed by atoms with Crippen molar-refractivity contribution in [2.24, 2.45) is 0 Å². The molecule has 60 valence electrons. The highest BCUT2D eigenvalue weighted by molar-refractivity contribution is 5.50. The van der Waals surface area contributed by atoms with Crippen LogP contribution in [0.15, 0.2) is 18.2 Å². The Morgan fingerprint density at radius 3 is 2.73 bits per heavy atom. The molecule has 1 aromatic carbocycles. The smallest absolute Gasteiger partial charge is 0.0935 e. The van der Waals surface area contributed by atoms with Gasteiger partial charge in [-0.15, -0.1) is 0 Å². The Bertz CT molecular complexity index is 225. The van der Waals surface area contributed by atoms with Gasteiger partial charge in [0.25, 0.3) is 0 Å². The lowest BCUT2D eigenvalue weighted by molar-refractivity contribution is 0.495.